The molecule has 0 bridgehead atoms. The summed E-state index contributed by atoms with van der Waals surface area (Å²) in [5, 5.41) is 22.2. The maximum Gasteiger partial charge on any atom is 0.161 e. The van der Waals surface area contributed by atoms with Gasteiger partial charge < -0.3 is 24.6 Å². The minimum Gasteiger partial charge on any atom is -0.493 e. The van der Waals surface area contributed by atoms with E-state index in [4.69, 9.17) is 19.5 Å². The van der Waals surface area contributed by atoms with Gasteiger partial charge in [-0.2, -0.15) is 5.26 Å². The van der Waals surface area contributed by atoms with Crippen LogP contribution < -0.4 is 19.5 Å². The molecule has 0 fully saturated rings. The Balaban J connectivity index is 1.83. The van der Waals surface area contributed by atoms with Gasteiger partial charge in [0.05, 0.1) is 20.3 Å². The van der Waals surface area contributed by atoms with Gasteiger partial charge in [0.1, 0.15) is 18.5 Å². The molecular weight excluding hydrogens is 368 g/mol. The largest absolute Gasteiger partial charge is 0.493 e. The molecule has 2 unspecified atom stereocenters. The maximum atomic E-state index is 10.2. The number of aliphatic hydroxyl groups is 1. The lowest BCUT2D eigenvalue weighted by Crippen LogP contribution is -2.33. The van der Waals surface area contributed by atoms with Crippen molar-refractivity contribution in [1.82, 2.24) is 5.32 Å². The lowest BCUT2D eigenvalue weighted by atomic mass is 10.1. The van der Waals surface area contributed by atoms with Crippen LogP contribution in [-0.2, 0) is 0 Å². The number of nitriles is 1. The molecule has 6 heteroatoms. The third-order valence-corrected chi connectivity index (χ3v) is 4.60. The number of benzene rings is 2. The molecule has 0 aliphatic rings. The summed E-state index contributed by atoms with van der Waals surface area (Å²) < 4.78 is 16.2. The molecule has 29 heavy (non-hydrogen) atoms. The fourth-order valence-electron chi connectivity index (χ4n) is 2.80. The van der Waals surface area contributed by atoms with Crippen molar-refractivity contribution in [3.8, 4) is 23.3 Å². The van der Waals surface area contributed by atoms with Crippen molar-refractivity contribution in [1.29, 1.82) is 5.26 Å². The van der Waals surface area contributed by atoms with E-state index >= 15 is 0 Å². The molecule has 2 aromatic carbocycles. The standard InChI is InChI=1S/C23H28N2O4/c1-16(11-12-24)18-5-8-21(9-6-18)29-15-20(26)14-25-17(2)19-7-10-22(27-3)23(13-19)28-4/h5-11,13,17,20,25-26H,14-15H2,1-4H3. The van der Waals surface area contributed by atoms with Gasteiger partial charge in [-0.15, -0.1) is 0 Å². The Kier molecular flexibility index (Phi) is 8.53. The van der Waals surface area contributed by atoms with Crippen molar-refractivity contribution >= 4 is 5.57 Å². The van der Waals surface area contributed by atoms with Crippen LogP contribution in [0.5, 0.6) is 17.2 Å². The van der Waals surface area contributed by atoms with E-state index in [2.05, 4.69) is 5.32 Å². The molecular formula is C23H28N2O4. The van der Waals surface area contributed by atoms with Crippen LogP contribution in [0.25, 0.3) is 5.57 Å². The second-order valence-corrected chi connectivity index (χ2v) is 6.69. The minimum atomic E-state index is -0.655. The van der Waals surface area contributed by atoms with Gasteiger partial charge in [0, 0.05) is 18.7 Å². The third kappa shape index (κ3) is 6.53. The van der Waals surface area contributed by atoms with Gasteiger partial charge >= 0.3 is 0 Å². The van der Waals surface area contributed by atoms with E-state index in [9.17, 15) is 5.11 Å². The number of hydrogen-bond acceptors (Lipinski definition) is 6. The summed E-state index contributed by atoms with van der Waals surface area (Å²) in [6, 6.07) is 15.2. The molecule has 0 saturated carbocycles. The Bertz CT molecular complexity index is 856. The van der Waals surface area contributed by atoms with Crippen molar-refractivity contribution in [2.45, 2.75) is 26.0 Å². The zero-order valence-electron chi connectivity index (χ0n) is 17.3. The predicted octanol–water partition coefficient (Wildman–Crippen LogP) is 3.72. The number of aliphatic hydroxyl groups excluding tert-OH is 1. The fraction of sp³-hybridized carbons (Fsp3) is 0.348. The highest BCUT2D eigenvalue weighted by Gasteiger charge is 2.12. The third-order valence-electron chi connectivity index (χ3n) is 4.60. The predicted molar refractivity (Wildman–Crippen MR) is 113 cm³/mol. The molecule has 0 radical (unpaired) electrons. The molecule has 0 aliphatic heterocycles. The van der Waals surface area contributed by atoms with E-state index in [-0.39, 0.29) is 12.6 Å². The molecule has 0 aromatic heterocycles. The molecule has 0 heterocycles. The summed E-state index contributed by atoms with van der Waals surface area (Å²) in [6.45, 7) is 4.47. The van der Waals surface area contributed by atoms with E-state index in [1.165, 1.54) is 6.08 Å². The highest BCUT2D eigenvalue weighted by atomic mass is 16.5. The van der Waals surface area contributed by atoms with E-state index in [1.54, 1.807) is 14.2 Å². The SMILES string of the molecule is COc1ccc(C(C)NCC(O)COc2ccc(C(C)=CC#N)cc2)cc1OC. The van der Waals surface area contributed by atoms with Gasteiger partial charge in [-0.1, -0.05) is 18.2 Å². The highest BCUT2D eigenvalue weighted by Crippen LogP contribution is 2.29. The molecule has 0 spiro atoms. The molecule has 0 aliphatic carbocycles. The van der Waals surface area contributed by atoms with Crippen LogP contribution in [0.4, 0.5) is 0 Å². The summed E-state index contributed by atoms with van der Waals surface area (Å²) in [7, 11) is 3.21. The summed E-state index contributed by atoms with van der Waals surface area (Å²) in [5.74, 6) is 2.03. The number of hydrogen-bond donors (Lipinski definition) is 2. The van der Waals surface area contributed by atoms with Gasteiger partial charge in [0.25, 0.3) is 0 Å². The zero-order valence-corrected chi connectivity index (χ0v) is 17.3. The van der Waals surface area contributed by atoms with Gasteiger partial charge in [0.15, 0.2) is 11.5 Å². The molecule has 0 saturated heterocycles. The van der Waals surface area contributed by atoms with Crippen molar-refractivity contribution < 1.29 is 19.3 Å². The number of methoxy groups -OCH3 is 2. The number of nitrogens with zero attached hydrogens (tertiary/aromatic N) is 1. The summed E-state index contributed by atoms with van der Waals surface area (Å²) in [5.41, 5.74) is 2.89. The van der Waals surface area contributed by atoms with Crippen molar-refractivity contribution in [3.05, 3.63) is 59.7 Å². The first-order valence-electron chi connectivity index (χ1n) is 9.41. The Hall–Kier alpha value is -3.01. The van der Waals surface area contributed by atoms with Gasteiger partial charge in [-0.05, 0) is 54.8 Å². The topological polar surface area (TPSA) is 83.7 Å². The first-order chi connectivity index (χ1) is 14.0. The lowest BCUT2D eigenvalue weighted by molar-refractivity contribution is 0.104. The van der Waals surface area contributed by atoms with E-state index in [0.29, 0.717) is 23.8 Å². The molecule has 2 atom stereocenters. The van der Waals surface area contributed by atoms with Crippen molar-refractivity contribution in [2.24, 2.45) is 0 Å². The smallest absolute Gasteiger partial charge is 0.161 e. The number of rotatable bonds is 10. The minimum absolute atomic E-state index is 0.0265. The molecule has 6 nitrogen and oxygen atoms in total. The number of ether oxygens (including phenoxy) is 3. The summed E-state index contributed by atoms with van der Waals surface area (Å²) in [6.07, 6.45) is 0.850. The van der Waals surface area contributed by atoms with Crippen LogP contribution >= 0.6 is 0 Å². The quantitative estimate of drug-likeness (QED) is 0.596. The normalized spacial score (nSPS) is 13.3. The Labute approximate surface area is 172 Å². The zero-order chi connectivity index (χ0) is 21.2. The van der Waals surface area contributed by atoms with Crippen LogP contribution in [0.3, 0.4) is 0 Å². The Morgan fingerprint density at radius 2 is 1.83 bits per heavy atom. The number of allylic oxidation sites excluding steroid dienone is 2. The second-order valence-electron chi connectivity index (χ2n) is 6.69. The Morgan fingerprint density at radius 1 is 1.14 bits per heavy atom. The average Bonchev–Trinajstić information content (AvgIpc) is 2.75. The molecule has 2 N–H and O–H groups in total. The van der Waals surface area contributed by atoms with Gasteiger partial charge in [-0.3, -0.25) is 0 Å². The first-order valence-corrected chi connectivity index (χ1v) is 9.41. The molecule has 2 aromatic rings. The first kappa shape index (κ1) is 22.3. The van der Waals surface area contributed by atoms with E-state index < -0.39 is 6.10 Å². The van der Waals surface area contributed by atoms with Crippen LogP contribution in [0.2, 0.25) is 0 Å². The van der Waals surface area contributed by atoms with Crippen molar-refractivity contribution in [2.75, 3.05) is 27.4 Å². The molecule has 0 amide bonds. The Morgan fingerprint density at radius 3 is 2.45 bits per heavy atom. The lowest BCUT2D eigenvalue weighted by Gasteiger charge is -2.19. The number of nitrogens with one attached hydrogen (secondary N) is 1. The fourth-order valence-corrected chi connectivity index (χ4v) is 2.80. The van der Waals surface area contributed by atoms with E-state index in [0.717, 1.165) is 16.7 Å². The van der Waals surface area contributed by atoms with E-state index in [1.807, 2.05) is 62.4 Å². The molecule has 154 valence electrons. The molecule has 2 rings (SSSR count). The summed E-state index contributed by atoms with van der Waals surface area (Å²) >= 11 is 0. The average molecular weight is 396 g/mol. The highest BCUT2D eigenvalue weighted by molar-refractivity contribution is 5.66. The monoisotopic (exact) mass is 396 g/mol. The van der Waals surface area contributed by atoms with Crippen molar-refractivity contribution in [3.63, 3.8) is 0 Å². The van der Waals surface area contributed by atoms with Crippen LogP contribution in [0, 0.1) is 11.3 Å². The van der Waals surface area contributed by atoms with Crippen LogP contribution in [-0.4, -0.2) is 38.6 Å². The summed E-state index contributed by atoms with van der Waals surface area (Å²) in [4.78, 5) is 0. The van der Waals surface area contributed by atoms with Gasteiger partial charge in [0.2, 0.25) is 0 Å². The maximum absolute atomic E-state index is 10.2. The second kappa shape index (κ2) is 11.1. The van der Waals surface area contributed by atoms with Gasteiger partial charge in [-0.25, -0.2) is 0 Å². The van der Waals surface area contributed by atoms with Crippen LogP contribution in [0.1, 0.15) is 31.0 Å². The van der Waals surface area contributed by atoms with Crippen LogP contribution in [0.15, 0.2) is 48.5 Å².